The number of imide groups is 1. The van der Waals surface area contributed by atoms with Gasteiger partial charge in [0.1, 0.15) is 54.9 Å². The van der Waals surface area contributed by atoms with E-state index in [0.717, 1.165) is 0 Å². The third-order valence-electron chi connectivity index (χ3n) is 15.1. The van der Waals surface area contributed by atoms with Gasteiger partial charge in [0.05, 0.1) is 69.6 Å². The third kappa shape index (κ3) is 22.1. The number of piperidine rings is 1. The predicted molar refractivity (Wildman–Crippen MR) is 289 cm³/mol. The van der Waals surface area contributed by atoms with Crippen molar-refractivity contribution in [3.8, 4) is 0 Å². The van der Waals surface area contributed by atoms with Crippen LogP contribution >= 0.6 is 0 Å². The van der Waals surface area contributed by atoms with Gasteiger partial charge in [0.2, 0.25) is 35.4 Å². The molecule has 33 nitrogen and oxygen atoms in total. The zero-order valence-electron chi connectivity index (χ0n) is 48.7. The van der Waals surface area contributed by atoms with Crippen molar-refractivity contribution in [3.63, 3.8) is 0 Å². The molecule has 14 N–H and O–H groups in total. The van der Waals surface area contributed by atoms with Gasteiger partial charge in [0, 0.05) is 71.5 Å². The molecule has 0 aliphatic carbocycles. The molecule has 17 atom stereocenters. The molecule has 86 heavy (non-hydrogen) atoms. The maximum Gasteiger partial charge on any atom is 0.333 e. The average molecular weight is 1240 g/mol. The molecule has 5 heterocycles. The maximum atomic E-state index is 13.7. The number of aliphatic hydroxyl groups excluding tert-OH is 9. The number of nitrogens with zero attached hydrogens (tertiary/aromatic N) is 3. The van der Waals surface area contributed by atoms with Crippen molar-refractivity contribution in [1.29, 1.82) is 0 Å². The Morgan fingerprint density at radius 3 is 1.23 bits per heavy atom. The van der Waals surface area contributed by atoms with E-state index in [-0.39, 0.29) is 110 Å². The van der Waals surface area contributed by atoms with Crippen LogP contribution in [0.25, 0.3) is 0 Å². The lowest BCUT2D eigenvalue weighted by atomic mass is 9.87. The molecule has 5 aliphatic rings. The molecular weight excluding hydrogens is 1150 g/mol. The lowest BCUT2D eigenvalue weighted by molar-refractivity contribution is -0.292. The minimum absolute atomic E-state index is 0.0147. The van der Waals surface area contributed by atoms with Gasteiger partial charge in [0.15, 0.2) is 18.9 Å². The SMILES string of the molecule is C[C@@H]1O[C@@H](OCCNC(=O)CN(CC(=O)NCCCCCC(=O)ON2C(=O)CCC2=O)CC(=O)NCCCCCC(=O)N2CC(C(=O)NCCO[C@@H]3O[C@@H](C)[C@@H](O)[C@@H](O)[C@@H]3O)CC(C(=O)NCCO[C@@H]3O[C@@H](C)[C@@H](O)[C@@H](O)[C@@H]3O)C2)[C@@H](O)[C@H](O)[C@@H]1O. The van der Waals surface area contributed by atoms with Crippen molar-refractivity contribution >= 4 is 53.2 Å². The van der Waals surface area contributed by atoms with Gasteiger partial charge in [0.25, 0.3) is 11.8 Å². The summed E-state index contributed by atoms with van der Waals surface area (Å²) in [5.41, 5.74) is 0. The molecule has 0 aromatic carbocycles. The Bertz CT molecular complexity index is 2160. The molecule has 5 fully saturated rings. The molecule has 5 rings (SSSR count). The van der Waals surface area contributed by atoms with E-state index in [4.69, 9.17) is 33.3 Å². The molecule has 0 spiro atoms. The summed E-state index contributed by atoms with van der Waals surface area (Å²) < 4.78 is 32.8. The van der Waals surface area contributed by atoms with E-state index in [1.807, 2.05) is 0 Å². The van der Waals surface area contributed by atoms with E-state index in [0.29, 0.717) is 43.6 Å². The Kier molecular flexibility index (Phi) is 29.7. The largest absolute Gasteiger partial charge is 0.388 e. The summed E-state index contributed by atoms with van der Waals surface area (Å²) in [4.78, 5) is 123. The van der Waals surface area contributed by atoms with Gasteiger partial charge in [-0.25, -0.2) is 4.79 Å². The van der Waals surface area contributed by atoms with E-state index in [1.165, 1.54) is 30.6 Å². The third-order valence-corrected chi connectivity index (χ3v) is 15.1. The van der Waals surface area contributed by atoms with Crippen molar-refractivity contribution in [2.75, 3.05) is 85.3 Å². The quantitative estimate of drug-likeness (QED) is 0.0214. The molecule has 0 bridgehead atoms. The minimum Gasteiger partial charge on any atom is -0.388 e. The number of unbranched alkanes of at least 4 members (excludes halogenated alkanes) is 4. The van der Waals surface area contributed by atoms with Gasteiger partial charge in [-0.3, -0.25) is 43.3 Å². The standard InChI is InChI=1S/C53H88N8O25/c1-28-40(69)43(72)46(75)51(83-28)80-19-16-56-35(64)27-59(26-34(63)55-15-9-5-7-11-39(68)86-61-37(66)12-13-38(61)67)25-33(62)54-14-8-4-6-10-36(65)60-23-31(49(78)57-17-20-81-52-47(76)44(73)41(70)29(2)84-52)22-32(24-60)50(79)58-18-21-82-53-48(77)45(74)42(71)30(3)85-53/h28-32,40-48,51-53,69-77H,4-27H2,1-3H3,(H,54,62)(H,55,63)(H,56,64)(H,57,78)(H,58,79)/t28-,29-,30-,31?,32?,40+,41+,42+,43+,44+,45+,46-,47-,48-,51+,52+,53+/m0/s1. The van der Waals surface area contributed by atoms with Crippen molar-refractivity contribution in [2.45, 2.75) is 184 Å². The number of carbonyl (C=O) groups is 9. The van der Waals surface area contributed by atoms with Gasteiger partial charge in [-0.05, 0) is 52.9 Å². The molecule has 33 heteroatoms. The van der Waals surface area contributed by atoms with Crippen molar-refractivity contribution in [2.24, 2.45) is 11.8 Å². The maximum absolute atomic E-state index is 13.7. The molecule has 0 aromatic rings. The van der Waals surface area contributed by atoms with Crippen LogP contribution in [-0.4, -0.2) is 291 Å². The highest BCUT2D eigenvalue weighted by atomic mass is 16.7. The fraction of sp³-hybridized carbons (Fsp3) is 0.830. The number of rotatable bonds is 33. The van der Waals surface area contributed by atoms with Crippen LogP contribution in [0.2, 0.25) is 0 Å². The van der Waals surface area contributed by atoms with Crippen LogP contribution in [0.15, 0.2) is 0 Å². The lowest BCUT2D eigenvalue weighted by Gasteiger charge is -2.39. The minimum atomic E-state index is -1.56. The molecule has 8 amide bonds. The zero-order chi connectivity index (χ0) is 63.2. The first-order valence-electron chi connectivity index (χ1n) is 29.2. The van der Waals surface area contributed by atoms with Crippen LogP contribution in [0, 0.1) is 11.8 Å². The van der Waals surface area contributed by atoms with Crippen LogP contribution in [-0.2, 0) is 76.4 Å². The number of likely N-dealkylation sites (tertiary alicyclic amines) is 1. The second-order valence-electron chi connectivity index (χ2n) is 22.0. The molecule has 0 aromatic heterocycles. The highest BCUT2D eigenvalue weighted by Gasteiger charge is 2.45. The number of nitrogens with one attached hydrogen (secondary N) is 5. The molecule has 0 saturated carbocycles. The first-order valence-corrected chi connectivity index (χ1v) is 29.2. The Morgan fingerprint density at radius 1 is 0.477 bits per heavy atom. The fourth-order valence-corrected chi connectivity index (χ4v) is 10.0. The summed E-state index contributed by atoms with van der Waals surface area (Å²) in [5.74, 6) is -6.68. The van der Waals surface area contributed by atoms with Crippen molar-refractivity contribution in [3.05, 3.63) is 0 Å². The highest BCUT2D eigenvalue weighted by Crippen LogP contribution is 2.26. The summed E-state index contributed by atoms with van der Waals surface area (Å²) >= 11 is 0. The number of hydroxylamine groups is 2. The normalized spacial score (nSPS) is 31.3. The molecule has 2 unspecified atom stereocenters. The first-order chi connectivity index (χ1) is 40.9. The summed E-state index contributed by atoms with van der Waals surface area (Å²) in [6.45, 7) is 2.73. The summed E-state index contributed by atoms with van der Waals surface area (Å²) in [6.07, 6.45) is -17.4. The average Bonchev–Trinajstić information content (AvgIpc) is 3.73. The lowest BCUT2D eigenvalue weighted by Crippen LogP contribution is -2.57. The van der Waals surface area contributed by atoms with Crippen molar-refractivity contribution in [1.82, 2.24) is 41.4 Å². The Hall–Kier alpha value is -5.21. The fourth-order valence-electron chi connectivity index (χ4n) is 10.0. The second kappa shape index (κ2) is 35.7. The molecule has 490 valence electrons. The highest BCUT2D eigenvalue weighted by molar-refractivity contribution is 6.01. The van der Waals surface area contributed by atoms with Crippen LogP contribution in [0.1, 0.15) is 91.4 Å². The number of hydrogen-bond donors (Lipinski definition) is 14. The number of amides is 8. The van der Waals surface area contributed by atoms with E-state index >= 15 is 0 Å². The van der Waals surface area contributed by atoms with Gasteiger partial charge in [-0.15, -0.1) is 5.06 Å². The molecular formula is C53H88N8O25. The van der Waals surface area contributed by atoms with Gasteiger partial charge >= 0.3 is 5.97 Å². The Labute approximate surface area is 496 Å². The van der Waals surface area contributed by atoms with Crippen LogP contribution < -0.4 is 26.6 Å². The summed E-state index contributed by atoms with van der Waals surface area (Å²) in [6, 6.07) is 0. The number of ether oxygens (including phenoxy) is 6. The van der Waals surface area contributed by atoms with E-state index < -0.39 is 164 Å². The first kappa shape index (κ1) is 71.5. The number of aliphatic hydroxyl groups is 9. The molecule has 0 radical (unpaired) electrons. The summed E-state index contributed by atoms with van der Waals surface area (Å²) in [5, 5.41) is 105. The molecule has 5 aliphatic heterocycles. The van der Waals surface area contributed by atoms with E-state index in [9.17, 15) is 89.1 Å². The van der Waals surface area contributed by atoms with Crippen molar-refractivity contribution < 1.29 is 122 Å². The Morgan fingerprint density at radius 2 is 0.837 bits per heavy atom. The van der Waals surface area contributed by atoms with Gasteiger partial charge in [-0.1, -0.05) is 12.8 Å². The van der Waals surface area contributed by atoms with E-state index in [2.05, 4.69) is 26.6 Å². The second-order valence-corrected chi connectivity index (χ2v) is 22.0. The Balaban J connectivity index is 1.07. The monoisotopic (exact) mass is 1240 g/mol. The smallest absolute Gasteiger partial charge is 0.333 e. The van der Waals surface area contributed by atoms with E-state index in [1.54, 1.807) is 0 Å². The topological polar surface area (TPSA) is 470 Å². The number of hydrogen-bond acceptors (Lipinski definition) is 26. The van der Waals surface area contributed by atoms with Gasteiger partial charge in [-0.2, -0.15) is 0 Å². The van der Waals surface area contributed by atoms with Gasteiger partial charge < -0.3 is 111 Å². The predicted octanol–water partition coefficient (Wildman–Crippen LogP) is -7.41. The zero-order valence-corrected chi connectivity index (χ0v) is 48.7. The number of carbonyl (C=O) groups excluding carboxylic acids is 9. The molecule has 5 saturated heterocycles. The van der Waals surface area contributed by atoms with Crippen LogP contribution in [0.5, 0.6) is 0 Å². The summed E-state index contributed by atoms with van der Waals surface area (Å²) in [7, 11) is 0. The van der Waals surface area contributed by atoms with Crippen LogP contribution in [0.4, 0.5) is 0 Å². The van der Waals surface area contributed by atoms with Crippen LogP contribution in [0.3, 0.4) is 0 Å².